The number of anilines is 2. The first-order valence-corrected chi connectivity index (χ1v) is 10.2. The van der Waals surface area contributed by atoms with Gasteiger partial charge in [-0.25, -0.2) is 14.5 Å². The Morgan fingerprint density at radius 1 is 1.07 bits per heavy atom. The van der Waals surface area contributed by atoms with Gasteiger partial charge in [-0.15, -0.1) is 0 Å². The third-order valence-corrected chi connectivity index (χ3v) is 5.43. The molecule has 1 aliphatic heterocycles. The Morgan fingerprint density at radius 2 is 1.90 bits per heavy atom. The Kier molecular flexibility index (Phi) is 5.60. The summed E-state index contributed by atoms with van der Waals surface area (Å²) >= 11 is 0. The van der Waals surface area contributed by atoms with E-state index in [0.717, 1.165) is 48.6 Å². The van der Waals surface area contributed by atoms with E-state index in [1.54, 1.807) is 4.90 Å². The molecule has 0 fully saturated rings. The highest BCUT2D eigenvalue weighted by Gasteiger charge is 2.21. The quantitative estimate of drug-likeness (QED) is 0.693. The minimum absolute atomic E-state index is 0.190. The molecule has 150 valence electrons. The van der Waals surface area contributed by atoms with Gasteiger partial charge >= 0.3 is 6.03 Å². The molecule has 0 saturated heterocycles. The van der Waals surface area contributed by atoms with Crippen LogP contribution in [0.15, 0.2) is 48.5 Å². The molecular weight excluding hydrogens is 362 g/mol. The van der Waals surface area contributed by atoms with E-state index >= 15 is 0 Å². The lowest BCUT2D eigenvalue weighted by molar-refractivity contribution is 0.256. The highest BCUT2D eigenvalue weighted by atomic mass is 16.2. The minimum Gasteiger partial charge on any atom is -0.308 e. The molecule has 1 N–H and O–H groups in total. The molecule has 1 aliphatic rings. The molecule has 29 heavy (non-hydrogen) atoms. The van der Waals surface area contributed by atoms with Gasteiger partial charge in [-0.3, -0.25) is 4.90 Å². The maximum Gasteiger partial charge on any atom is 0.326 e. The van der Waals surface area contributed by atoms with Gasteiger partial charge < -0.3 is 5.32 Å². The zero-order valence-electron chi connectivity index (χ0n) is 17.1. The van der Waals surface area contributed by atoms with Gasteiger partial charge in [0.05, 0.1) is 6.54 Å². The SMILES string of the molecule is Cc1ccc(N(Cc2nc3n(n2)CCCCC3)C(=O)Nc2ccccc2)cc1C. The monoisotopic (exact) mass is 389 g/mol. The smallest absolute Gasteiger partial charge is 0.308 e. The molecular formula is C23H27N5O. The third-order valence-electron chi connectivity index (χ3n) is 5.43. The molecule has 0 aliphatic carbocycles. The summed E-state index contributed by atoms with van der Waals surface area (Å²) in [5, 5.41) is 7.68. The second kappa shape index (κ2) is 8.47. The maximum atomic E-state index is 13.2. The first kappa shape index (κ1) is 19.2. The molecule has 2 amide bonds. The third kappa shape index (κ3) is 4.47. The normalized spacial score (nSPS) is 13.4. The number of carbonyl (C=O) groups is 1. The van der Waals surface area contributed by atoms with Crippen molar-refractivity contribution in [3.63, 3.8) is 0 Å². The lowest BCUT2D eigenvalue weighted by Crippen LogP contribution is -2.35. The number of aromatic nitrogens is 3. The highest BCUT2D eigenvalue weighted by molar-refractivity contribution is 6.01. The van der Waals surface area contributed by atoms with E-state index in [4.69, 9.17) is 4.98 Å². The summed E-state index contributed by atoms with van der Waals surface area (Å²) in [4.78, 5) is 19.6. The number of aryl methyl sites for hydroxylation is 4. The number of benzene rings is 2. The van der Waals surface area contributed by atoms with Gasteiger partial charge in [0, 0.05) is 24.3 Å². The largest absolute Gasteiger partial charge is 0.326 e. The van der Waals surface area contributed by atoms with Crippen molar-refractivity contribution in [2.45, 2.75) is 52.6 Å². The van der Waals surface area contributed by atoms with E-state index < -0.39 is 0 Å². The van der Waals surface area contributed by atoms with Gasteiger partial charge in [0.2, 0.25) is 0 Å². The van der Waals surface area contributed by atoms with Gasteiger partial charge in [0.15, 0.2) is 5.82 Å². The van der Waals surface area contributed by atoms with E-state index in [2.05, 4.69) is 24.3 Å². The van der Waals surface area contributed by atoms with Crippen molar-refractivity contribution in [2.75, 3.05) is 10.2 Å². The first-order valence-electron chi connectivity index (χ1n) is 10.2. The number of carbonyl (C=O) groups excluding carboxylic acids is 1. The number of amides is 2. The van der Waals surface area contributed by atoms with E-state index in [1.165, 1.54) is 12.0 Å². The standard InChI is InChI=1S/C23H27N5O/c1-17-12-13-20(15-18(17)2)27(23(29)24-19-9-5-3-6-10-19)16-21-25-22-11-7-4-8-14-28(22)26-21/h3,5-6,9-10,12-13,15H,4,7-8,11,14,16H2,1-2H3,(H,24,29). The molecule has 3 aromatic rings. The van der Waals surface area contributed by atoms with Crippen LogP contribution < -0.4 is 10.2 Å². The Hall–Kier alpha value is -3.15. The molecule has 0 bridgehead atoms. The van der Waals surface area contributed by atoms with Crippen LogP contribution in [-0.4, -0.2) is 20.8 Å². The topological polar surface area (TPSA) is 63.1 Å². The molecule has 4 rings (SSSR count). The summed E-state index contributed by atoms with van der Waals surface area (Å²) in [5.41, 5.74) is 3.95. The predicted octanol–water partition coefficient (Wildman–Crippen LogP) is 4.86. The summed E-state index contributed by atoms with van der Waals surface area (Å²) in [6.07, 6.45) is 4.44. The van der Waals surface area contributed by atoms with Crippen LogP contribution >= 0.6 is 0 Å². The number of nitrogens with zero attached hydrogens (tertiary/aromatic N) is 4. The summed E-state index contributed by atoms with van der Waals surface area (Å²) in [6.45, 7) is 5.37. The Labute approximate surface area is 171 Å². The molecule has 0 saturated carbocycles. The van der Waals surface area contributed by atoms with E-state index in [0.29, 0.717) is 12.4 Å². The van der Waals surface area contributed by atoms with E-state index in [1.807, 2.05) is 53.2 Å². The second-order valence-corrected chi connectivity index (χ2v) is 7.63. The fraction of sp³-hybridized carbons (Fsp3) is 0.348. The number of nitrogens with one attached hydrogen (secondary N) is 1. The van der Waals surface area contributed by atoms with Gasteiger partial charge in [-0.2, -0.15) is 5.10 Å². The van der Waals surface area contributed by atoms with E-state index in [9.17, 15) is 4.79 Å². The molecule has 0 unspecified atom stereocenters. The lowest BCUT2D eigenvalue weighted by Gasteiger charge is -2.23. The second-order valence-electron chi connectivity index (χ2n) is 7.63. The van der Waals surface area contributed by atoms with Crippen molar-refractivity contribution in [3.05, 3.63) is 71.3 Å². The van der Waals surface area contributed by atoms with Crippen LogP contribution in [0.2, 0.25) is 0 Å². The van der Waals surface area contributed by atoms with Gasteiger partial charge in [-0.05, 0) is 62.1 Å². The number of fused-ring (bicyclic) bond motifs is 1. The molecule has 1 aromatic heterocycles. The van der Waals surface area contributed by atoms with Crippen molar-refractivity contribution in [1.29, 1.82) is 0 Å². The molecule has 0 radical (unpaired) electrons. The van der Waals surface area contributed by atoms with Gasteiger partial charge in [0.1, 0.15) is 5.82 Å². The molecule has 6 nitrogen and oxygen atoms in total. The zero-order chi connectivity index (χ0) is 20.2. The van der Waals surface area contributed by atoms with Crippen molar-refractivity contribution in [3.8, 4) is 0 Å². The lowest BCUT2D eigenvalue weighted by atomic mass is 10.1. The number of hydrogen-bond donors (Lipinski definition) is 1. The van der Waals surface area contributed by atoms with Crippen LogP contribution in [0.5, 0.6) is 0 Å². The summed E-state index contributed by atoms with van der Waals surface area (Å²) < 4.78 is 2.01. The van der Waals surface area contributed by atoms with Gasteiger partial charge in [0.25, 0.3) is 0 Å². The van der Waals surface area contributed by atoms with E-state index in [-0.39, 0.29) is 6.03 Å². The Bertz CT molecular complexity index is 972. The molecule has 0 atom stereocenters. The Morgan fingerprint density at radius 3 is 2.69 bits per heavy atom. The molecule has 6 heteroatoms. The minimum atomic E-state index is -0.190. The van der Waals surface area contributed by atoms with Crippen molar-refractivity contribution < 1.29 is 4.79 Å². The highest BCUT2D eigenvalue weighted by Crippen LogP contribution is 2.22. The first-order chi connectivity index (χ1) is 14.1. The summed E-state index contributed by atoms with van der Waals surface area (Å²) in [6, 6.07) is 15.4. The average Bonchev–Trinajstić information content (AvgIpc) is 2.97. The average molecular weight is 390 g/mol. The van der Waals surface area contributed by atoms with Crippen molar-refractivity contribution >= 4 is 17.4 Å². The fourth-order valence-corrected chi connectivity index (χ4v) is 3.61. The van der Waals surface area contributed by atoms with Crippen LogP contribution in [-0.2, 0) is 19.5 Å². The summed E-state index contributed by atoms with van der Waals surface area (Å²) in [5.74, 6) is 1.71. The number of urea groups is 1. The number of rotatable bonds is 4. The molecule has 0 spiro atoms. The van der Waals surface area contributed by atoms with Crippen molar-refractivity contribution in [2.24, 2.45) is 0 Å². The van der Waals surface area contributed by atoms with Crippen LogP contribution in [0.25, 0.3) is 0 Å². The van der Waals surface area contributed by atoms with Crippen LogP contribution in [0.4, 0.5) is 16.2 Å². The van der Waals surface area contributed by atoms with Crippen molar-refractivity contribution in [1.82, 2.24) is 14.8 Å². The number of hydrogen-bond acceptors (Lipinski definition) is 3. The maximum absolute atomic E-state index is 13.2. The summed E-state index contributed by atoms with van der Waals surface area (Å²) in [7, 11) is 0. The Balaban J connectivity index is 1.62. The molecule has 2 aromatic carbocycles. The molecule has 2 heterocycles. The predicted molar refractivity (Wildman–Crippen MR) is 115 cm³/mol. The zero-order valence-corrected chi connectivity index (χ0v) is 17.1. The van der Waals surface area contributed by atoms with Gasteiger partial charge in [-0.1, -0.05) is 30.7 Å². The van der Waals surface area contributed by atoms with Crippen LogP contribution in [0, 0.1) is 13.8 Å². The fourth-order valence-electron chi connectivity index (χ4n) is 3.61. The van der Waals surface area contributed by atoms with Crippen LogP contribution in [0.1, 0.15) is 42.0 Å². The van der Waals surface area contributed by atoms with Crippen LogP contribution in [0.3, 0.4) is 0 Å². The number of para-hydroxylation sites is 1.